The summed E-state index contributed by atoms with van der Waals surface area (Å²) < 4.78 is 0. The molecule has 3 fully saturated rings. The van der Waals surface area contributed by atoms with E-state index in [1.807, 2.05) is 6.92 Å². The van der Waals surface area contributed by atoms with Crippen LogP contribution in [0, 0.1) is 11.8 Å². The quantitative estimate of drug-likeness (QED) is 0.627. The highest BCUT2D eigenvalue weighted by molar-refractivity contribution is 6.09. The molecule has 0 bridgehead atoms. The first-order chi connectivity index (χ1) is 6.76. The van der Waals surface area contributed by atoms with Gasteiger partial charge in [0.15, 0.2) is 5.96 Å². The van der Waals surface area contributed by atoms with Crippen LogP contribution in [0.5, 0.6) is 0 Å². The molecule has 1 amide bonds. The van der Waals surface area contributed by atoms with Gasteiger partial charge in [-0.25, -0.2) is 0 Å². The van der Waals surface area contributed by atoms with Crippen molar-refractivity contribution in [3.63, 3.8) is 0 Å². The Morgan fingerprint density at radius 2 is 2.50 bits per heavy atom. The van der Waals surface area contributed by atoms with Gasteiger partial charge in [-0.2, -0.15) is 0 Å². The van der Waals surface area contributed by atoms with Gasteiger partial charge < -0.3 is 5.32 Å². The Morgan fingerprint density at radius 1 is 1.64 bits per heavy atom. The van der Waals surface area contributed by atoms with Gasteiger partial charge in [0.25, 0.3) is 5.91 Å². The van der Waals surface area contributed by atoms with E-state index in [1.54, 1.807) is 0 Å². The van der Waals surface area contributed by atoms with E-state index < -0.39 is 0 Å². The van der Waals surface area contributed by atoms with E-state index in [4.69, 9.17) is 0 Å². The van der Waals surface area contributed by atoms with Crippen molar-refractivity contribution in [1.29, 1.82) is 0 Å². The van der Waals surface area contributed by atoms with Gasteiger partial charge in [0.1, 0.15) is 5.54 Å². The number of amides is 1. The zero-order valence-corrected chi connectivity index (χ0v) is 8.34. The van der Waals surface area contributed by atoms with E-state index >= 15 is 0 Å². The van der Waals surface area contributed by atoms with Crippen LogP contribution in [0.4, 0.5) is 0 Å². The standard InChI is InChI=1S/C10H15N3O/c1-2-11-9-12-8(14)10(13-9)4-3-6-5-7(6)10/h6-7H,2-5H2,1H3,(H2,11,12,13,14). The number of hydrogen-bond acceptors (Lipinski definition) is 2. The Hall–Kier alpha value is -1.06. The van der Waals surface area contributed by atoms with Crippen molar-refractivity contribution >= 4 is 11.9 Å². The van der Waals surface area contributed by atoms with E-state index in [9.17, 15) is 4.79 Å². The van der Waals surface area contributed by atoms with E-state index in [0.29, 0.717) is 18.4 Å². The molecule has 1 spiro atoms. The van der Waals surface area contributed by atoms with Gasteiger partial charge in [-0.15, -0.1) is 0 Å². The van der Waals surface area contributed by atoms with Gasteiger partial charge in [-0.1, -0.05) is 0 Å². The Labute approximate surface area is 83.2 Å². The van der Waals surface area contributed by atoms with Crippen LogP contribution >= 0.6 is 0 Å². The molecule has 3 rings (SSSR count). The zero-order valence-electron chi connectivity index (χ0n) is 8.34. The molecule has 2 saturated carbocycles. The second-order valence-electron chi connectivity index (χ2n) is 4.51. The minimum absolute atomic E-state index is 0.148. The van der Waals surface area contributed by atoms with Gasteiger partial charge in [-0.05, 0) is 38.0 Å². The van der Waals surface area contributed by atoms with Crippen molar-refractivity contribution in [2.75, 3.05) is 6.54 Å². The molecule has 0 aromatic heterocycles. The third-order valence-electron chi connectivity index (χ3n) is 3.76. The molecule has 0 aromatic carbocycles. The predicted octanol–water partition coefficient (Wildman–Crippen LogP) is 0.250. The third kappa shape index (κ3) is 0.885. The Balaban J connectivity index is 1.88. The first kappa shape index (κ1) is 8.26. The molecule has 1 aliphatic heterocycles. The van der Waals surface area contributed by atoms with Crippen molar-refractivity contribution in [2.45, 2.75) is 31.7 Å². The molecule has 14 heavy (non-hydrogen) atoms. The number of nitrogens with one attached hydrogen (secondary N) is 2. The highest BCUT2D eigenvalue weighted by atomic mass is 16.2. The minimum atomic E-state index is -0.279. The second kappa shape index (κ2) is 2.49. The van der Waals surface area contributed by atoms with Crippen molar-refractivity contribution < 1.29 is 4.79 Å². The van der Waals surface area contributed by atoms with E-state index in [-0.39, 0.29) is 11.4 Å². The lowest BCUT2D eigenvalue weighted by atomic mass is 9.93. The SMILES string of the molecule is CCN=C1NC(=O)C2(CCC3CC32)N1. The summed E-state index contributed by atoms with van der Waals surface area (Å²) in [5.74, 6) is 2.21. The number of aliphatic imine (C=N–C) groups is 1. The van der Waals surface area contributed by atoms with Crippen LogP contribution in [0.3, 0.4) is 0 Å². The molecular formula is C10H15N3O. The van der Waals surface area contributed by atoms with Crippen LogP contribution in [0.25, 0.3) is 0 Å². The molecule has 2 aliphatic carbocycles. The molecule has 3 unspecified atom stereocenters. The molecule has 3 aliphatic rings. The number of carbonyl (C=O) groups is 1. The fourth-order valence-electron chi connectivity index (χ4n) is 2.96. The maximum atomic E-state index is 11.9. The molecule has 4 heteroatoms. The number of rotatable bonds is 1. The lowest BCUT2D eigenvalue weighted by Crippen LogP contribution is -2.47. The van der Waals surface area contributed by atoms with Crippen molar-refractivity contribution in [2.24, 2.45) is 16.8 Å². The molecular weight excluding hydrogens is 178 g/mol. The Kier molecular flexibility index (Phi) is 1.47. The number of fused-ring (bicyclic) bond motifs is 2. The van der Waals surface area contributed by atoms with Crippen molar-refractivity contribution in [3.05, 3.63) is 0 Å². The molecule has 2 N–H and O–H groups in total. The lowest BCUT2D eigenvalue weighted by molar-refractivity contribution is -0.124. The summed E-state index contributed by atoms with van der Waals surface area (Å²) in [5, 5.41) is 6.14. The maximum Gasteiger partial charge on any atom is 0.252 e. The summed E-state index contributed by atoms with van der Waals surface area (Å²) >= 11 is 0. The summed E-state index contributed by atoms with van der Waals surface area (Å²) in [7, 11) is 0. The maximum absolute atomic E-state index is 11.9. The highest BCUT2D eigenvalue weighted by Gasteiger charge is 2.64. The van der Waals surface area contributed by atoms with Crippen LogP contribution in [0.1, 0.15) is 26.2 Å². The molecule has 76 valence electrons. The fourth-order valence-corrected chi connectivity index (χ4v) is 2.96. The Bertz CT molecular complexity index is 325. The molecule has 4 nitrogen and oxygen atoms in total. The van der Waals surface area contributed by atoms with Crippen LogP contribution in [-0.2, 0) is 4.79 Å². The number of hydrogen-bond donors (Lipinski definition) is 2. The van der Waals surface area contributed by atoms with E-state index in [0.717, 1.165) is 12.3 Å². The number of guanidine groups is 1. The Morgan fingerprint density at radius 3 is 3.07 bits per heavy atom. The van der Waals surface area contributed by atoms with E-state index in [2.05, 4.69) is 15.6 Å². The molecule has 3 atom stereocenters. The first-order valence-corrected chi connectivity index (χ1v) is 5.40. The van der Waals surface area contributed by atoms with Crippen LogP contribution in [-0.4, -0.2) is 24.0 Å². The summed E-state index contributed by atoms with van der Waals surface area (Å²) in [6, 6.07) is 0. The molecule has 1 heterocycles. The van der Waals surface area contributed by atoms with E-state index in [1.165, 1.54) is 12.8 Å². The molecule has 1 saturated heterocycles. The van der Waals surface area contributed by atoms with Crippen LogP contribution in [0.2, 0.25) is 0 Å². The number of nitrogens with zero attached hydrogens (tertiary/aromatic N) is 1. The van der Waals surface area contributed by atoms with Crippen molar-refractivity contribution in [3.8, 4) is 0 Å². The van der Waals surface area contributed by atoms with Crippen LogP contribution < -0.4 is 10.6 Å². The lowest BCUT2D eigenvalue weighted by Gasteiger charge is -2.21. The first-order valence-electron chi connectivity index (χ1n) is 5.40. The van der Waals surface area contributed by atoms with Crippen LogP contribution in [0.15, 0.2) is 4.99 Å². The average molecular weight is 193 g/mol. The number of carbonyl (C=O) groups excluding carboxylic acids is 1. The van der Waals surface area contributed by atoms with Gasteiger partial charge in [0.2, 0.25) is 0 Å². The smallest absolute Gasteiger partial charge is 0.252 e. The predicted molar refractivity (Wildman–Crippen MR) is 52.8 cm³/mol. The summed E-state index contributed by atoms with van der Waals surface area (Å²) in [5.41, 5.74) is -0.279. The minimum Gasteiger partial charge on any atom is -0.341 e. The topological polar surface area (TPSA) is 53.5 Å². The normalized spacial score (nSPS) is 46.6. The molecule has 0 radical (unpaired) electrons. The largest absolute Gasteiger partial charge is 0.341 e. The fraction of sp³-hybridized carbons (Fsp3) is 0.800. The van der Waals surface area contributed by atoms with Gasteiger partial charge in [-0.3, -0.25) is 15.1 Å². The average Bonchev–Trinajstić information content (AvgIpc) is 2.78. The zero-order chi connectivity index (χ0) is 9.76. The van der Waals surface area contributed by atoms with Gasteiger partial charge in [0, 0.05) is 6.54 Å². The highest BCUT2D eigenvalue weighted by Crippen LogP contribution is 2.58. The summed E-state index contributed by atoms with van der Waals surface area (Å²) in [6.07, 6.45) is 3.40. The van der Waals surface area contributed by atoms with Gasteiger partial charge in [0.05, 0.1) is 0 Å². The second-order valence-corrected chi connectivity index (χ2v) is 4.51. The molecule has 0 aromatic rings. The monoisotopic (exact) mass is 193 g/mol. The van der Waals surface area contributed by atoms with Crippen molar-refractivity contribution in [1.82, 2.24) is 10.6 Å². The third-order valence-corrected chi connectivity index (χ3v) is 3.76. The summed E-state index contributed by atoms with van der Waals surface area (Å²) in [6.45, 7) is 2.69. The van der Waals surface area contributed by atoms with Gasteiger partial charge >= 0.3 is 0 Å². The summed E-state index contributed by atoms with van der Waals surface area (Å²) in [4.78, 5) is 16.1.